The minimum absolute atomic E-state index is 0. The largest absolute Gasteiger partial charge is 1.00 e. The maximum atomic E-state index is 9.75. The van der Waals surface area contributed by atoms with Crippen molar-refractivity contribution in [3.8, 4) is 0 Å². The van der Waals surface area contributed by atoms with Gasteiger partial charge >= 0.3 is 26.7 Å². The van der Waals surface area contributed by atoms with Crippen LogP contribution < -0.4 is 0 Å². The van der Waals surface area contributed by atoms with Crippen molar-refractivity contribution in [1.82, 2.24) is 0 Å². The van der Waals surface area contributed by atoms with Crippen molar-refractivity contribution in [1.29, 1.82) is 0 Å². The van der Waals surface area contributed by atoms with Gasteiger partial charge in [-0.25, -0.2) is 0 Å². The quantitative estimate of drug-likeness (QED) is 0.364. The Kier molecular flexibility index (Phi) is 4.90. The van der Waals surface area contributed by atoms with Crippen molar-refractivity contribution in [3.05, 3.63) is 24.3 Å². The molecular weight excluding hydrogens is 274 g/mol. The molecule has 2 aliphatic rings. The first-order valence-electron chi connectivity index (χ1n) is 3.69. The molecule has 0 unspecified atom stereocenters. The second-order valence-corrected chi connectivity index (χ2v) is 2.83. The van der Waals surface area contributed by atoms with Crippen LogP contribution in [0.25, 0.3) is 0 Å². The van der Waals surface area contributed by atoms with Gasteiger partial charge in [0, 0.05) is 0 Å². The SMILES string of the molecule is C1=CC2C=CC1C2.F[B-](F)(F)F.[Rh+]. The van der Waals surface area contributed by atoms with Crippen molar-refractivity contribution >= 4 is 7.25 Å². The first-order chi connectivity index (χ1) is 5.45. The molecule has 0 aromatic carbocycles. The summed E-state index contributed by atoms with van der Waals surface area (Å²) < 4.78 is 39.0. The van der Waals surface area contributed by atoms with E-state index >= 15 is 0 Å². The molecule has 2 rings (SSSR count). The zero-order valence-corrected chi connectivity index (χ0v) is 8.23. The summed E-state index contributed by atoms with van der Waals surface area (Å²) in [6.45, 7) is 0. The van der Waals surface area contributed by atoms with Gasteiger partial charge in [-0.05, 0) is 18.3 Å². The molecule has 13 heavy (non-hydrogen) atoms. The molecule has 0 saturated heterocycles. The molecule has 0 N–H and O–H groups in total. The first-order valence-corrected chi connectivity index (χ1v) is 3.69. The van der Waals surface area contributed by atoms with Gasteiger partial charge in [-0.2, -0.15) is 0 Å². The molecule has 0 aliphatic heterocycles. The van der Waals surface area contributed by atoms with Crippen molar-refractivity contribution in [2.75, 3.05) is 0 Å². The third kappa shape index (κ3) is 6.03. The molecule has 0 amide bonds. The fraction of sp³-hybridized carbons (Fsp3) is 0.429. The van der Waals surface area contributed by atoms with Gasteiger partial charge in [0.25, 0.3) is 0 Å². The van der Waals surface area contributed by atoms with Gasteiger partial charge in [-0.1, -0.05) is 24.3 Å². The summed E-state index contributed by atoms with van der Waals surface area (Å²) in [6, 6.07) is 0. The Hall–Kier alpha value is -0.112. The van der Waals surface area contributed by atoms with Gasteiger partial charge in [-0.15, -0.1) is 0 Å². The van der Waals surface area contributed by atoms with Gasteiger partial charge < -0.3 is 17.3 Å². The van der Waals surface area contributed by atoms with E-state index in [2.05, 4.69) is 24.3 Å². The monoisotopic (exact) mass is 282 g/mol. The van der Waals surface area contributed by atoms with Crippen LogP contribution in [-0.2, 0) is 19.5 Å². The minimum Gasteiger partial charge on any atom is -0.418 e. The summed E-state index contributed by atoms with van der Waals surface area (Å²) in [7, 11) is -6.00. The number of hydrogen-bond donors (Lipinski definition) is 0. The maximum absolute atomic E-state index is 9.75. The molecule has 0 heterocycles. The molecule has 0 radical (unpaired) electrons. The smallest absolute Gasteiger partial charge is 0.418 e. The standard InChI is InChI=1S/C7H8.BF4.Rh/c1-2-7-4-3-6(1)5-7;2-1(3,4)5;/h1-4,6-7H,5H2;;/q;-1;+1. The van der Waals surface area contributed by atoms with Crippen molar-refractivity contribution in [2.24, 2.45) is 11.8 Å². The van der Waals surface area contributed by atoms with E-state index in [0.29, 0.717) is 0 Å². The Bertz CT molecular complexity index is 177. The Labute approximate surface area is 86.9 Å². The summed E-state index contributed by atoms with van der Waals surface area (Å²) >= 11 is 0. The van der Waals surface area contributed by atoms with Gasteiger partial charge in [0.1, 0.15) is 0 Å². The molecule has 0 aromatic heterocycles. The number of fused-ring (bicyclic) bond motifs is 2. The fourth-order valence-electron chi connectivity index (χ4n) is 1.33. The number of halogens is 4. The van der Waals surface area contributed by atoms with Crippen molar-refractivity contribution in [3.63, 3.8) is 0 Å². The second kappa shape index (κ2) is 4.94. The summed E-state index contributed by atoms with van der Waals surface area (Å²) in [5.41, 5.74) is 0. The van der Waals surface area contributed by atoms with Crippen LogP contribution in [0.4, 0.5) is 17.3 Å². The zero-order valence-electron chi connectivity index (χ0n) is 6.59. The summed E-state index contributed by atoms with van der Waals surface area (Å²) in [4.78, 5) is 0. The maximum Gasteiger partial charge on any atom is 1.00 e. The van der Waals surface area contributed by atoms with E-state index in [1.54, 1.807) is 0 Å². The molecule has 2 aliphatic carbocycles. The van der Waals surface area contributed by atoms with Crippen LogP contribution in [-0.4, -0.2) is 7.25 Å². The third-order valence-corrected chi connectivity index (χ3v) is 1.76. The molecule has 0 aromatic rings. The average Bonchev–Trinajstić information content (AvgIpc) is 2.42. The van der Waals surface area contributed by atoms with E-state index < -0.39 is 7.25 Å². The molecule has 0 saturated carbocycles. The molecule has 76 valence electrons. The van der Waals surface area contributed by atoms with Crippen LogP contribution in [0.5, 0.6) is 0 Å². The number of rotatable bonds is 0. The first kappa shape index (κ1) is 12.9. The van der Waals surface area contributed by atoms with E-state index in [0.717, 1.165) is 11.8 Å². The van der Waals surface area contributed by atoms with Crippen LogP contribution >= 0.6 is 0 Å². The van der Waals surface area contributed by atoms with Gasteiger partial charge in [0.05, 0.1) is 0 Å². The Morgan fingerprint density at radius 3 is 1.15 bits per heavy atom. The van der Waals surface area contributed by atoms with Crippen LogP contribution in [0.1, 0.15) is 6.42 Å². The van der Waals surface area contributed by atoms with Crippen LogP contribution in [0.3, 0.4) is 0 Å². The molecule has 0 atom stereocenters. The molecule has 6 heteroatoms. The van der Waals surface area contributed by atoms with Crippen LogP contribution in [0.15, 0.2) is 24.3 Å². The summed E-state index contributed by atoms with van der Waals surface area (Å²) in [5, 5.41) is 0. The van der Waals surface area contributed by atoms with Gasteiger partial charge in [0.15, 0.2) is 0 Å². The van der Waals surface area contributed by atoms with Gasteiger partial charge in [0.2, 0.25) is 0 Å². The Balaban J connectivity index is 0.000000220. The molecule has 0 spiro atoms. The fourth-order valence-corrected chi connectivity index (χ4v) is 1.33. The molecule has 2 bridgehead atoms. The molecule has 0 nitrogen and oxygen atoms in total. The summed E-state index contributed by atoms with van der Waals surface area (Å²) in [5.74, 6) is 1.62. The Morgan fingerprint density at radius 2 is 1.08 bits per heavy atom. The van der Waals surface area contributed by atoms with Gasteiger partial charge in [-0.3, -0.25) is 0 Å². The number of hydrogen-bond acceptors (Lipinski definition) is 0. The van der Waals surface area contributed by atoms with E-state index in [1.165, 1.54) is 6.42 Å². The predicted octanol–water partition coefficient (Wildman–Crippen LogP) is 3.05. The third-order valence-electron chi connectivity index (χ3n) is 1.76. The minimum atomic E-state index is -6.00. The zero-order chi connectivity index (χ0) is 9.19. The summed E-state index contributed by atoms with van der Waals surface area (Å²) in [6.07, 6.45) is 10.5. The van der Waals surface area contributed by atoms with Crippen molar-refractivity contribution in [2.45, 2.75) is 6.42 Å². The van der Waals surface area contributed by atoms with E-state index in [4.69, 9.17) is 0 Å². The molecular formula is C7H8BF4Rh. The predicted molar refractivity (Wildman–Crippen MR) is 40.1 cm³/mol. The van der Waals surface area contributed by atoms with Crippen LogP contribution in [0, 0.1) is 11.8 Å². The average molecular weight is 282 g/mol. The van der Waals surface area contributed by atoms with E-state index in [1.807, 2.05) is 0 Å². The van der Waals surface area contributed by atoms with E-state index in [-0.39, 0.29) is 19.5 Å². The number of allylic oxidation sites excluding steroid dienone is 4. The topological polar surface area (TPSA) is 0 Å². The van der Waals surface area contributed by atoms with E-state index in [9.17, 15) is 17.3 Å². The molecule has 0 fully saturated rings. The normalized spacial score (nSPS) is 28.0. The van der Waals surface area contributed by atoms with Crippen molar-refractivity contribution < 1.29 is 36.7 Å². The van der Waals surface area contributed by atoms with Crippen LogP contribution in [0.2, 0.25) is 0 Å². The second-order valence-electron chi connectivity index (χ2n) is 2.83. The Morgan fingerprint density at radius 1 is 0.846 bits per heavy atom.